The van der Waals surface area contributed by atoms with Gasteiger partial charge in [-0.2, -0.15) is 0 Å². The predicted octanol–water partition coefficient (Wildman–Crippen LogP) is -0.909. The highest BCUT2D eigenvalue weighted by Crippen LogP contribution is 1.44. The lowest BCUT2D eigenvalue weighted by molar-refractivity contribution is 0.277. The molecule has 0 saturated heterocycles. The molecule has 0 aliphatic rings. The molecule has 0 unspecified atom stereocenters. The third kappa shape index (κ3) is 5610. The van der Waals surface area contributed by atoms with E-state index in [1.54, 1.807) is 14.2 Å². The van der Waals surface area contributed by atoms with E-state index in [9.17, 15) is 0 Å². The lowest BCUT2D eigenvalue weighted by Crippen LogP contribution is -2.02. The molecule has 0 heterocycles. The molecule has 0 aromatic carbocycles. The molecular weight excluding hydrogens is 106 g/mol. The molecule has 0 N–H and O–H groups in total. The molecule has 0 saturated carbocycles. The maximum absolute atomic E-state index is 4.25. The SMILES string of the molecule is CN(C)[SiH3].COC. The fourth-order valence-electron chi connectivity index (χ4n) is 0. The van der Waals surface area contributed by atoms with Gasteiger partial charge in [0, 0.05) is 14.2 Å². The average Bonchev–Trinajstić information content (AvgIpc) is 1.33. The number of hydrogen-bond acceptors (Lipinski definition) is 2. The first kappa shape index (κ1) is 10.2. The molecule has 46 valence electrons. The zero-order valence-electron chi connectivity index (χ0n) is 5.86. The van der Waals surface area contributed by atoms with Crippen molar-refractivity contribution in [2.45, 2.75) is 0 Å². The highest BCUT2D eigenvalue weighted by molar-refractivity contribution is 6.03. The third-order valence-corrected chi connectivity index (χ3v) is 0. The standard InChI is InChI=1S/C2H9NSi.C2H6O/c1-3(2)4;1-3-2/h1-2,4H3;1-2H3. The van der Waals surface area contributed by atoms with Gasteiger partial charge in [-0.05, 0) is 14.1 Å². The van der Waals surface area contributed by atoms with E-state index in [-0.39, 0.29) is 0 Å². The van der Waals surface area contributed by atoms with Gasteiger partial charge in [0.05, 0.1) is 10.4 Å². The molecule has 0 aliphatic heterocycles. The Morgan fingerprint density at radius 3 is 1.29 bits per heavy atom. The summed E-state index contributed by atoms with van der Waals surface area (Å²) < 4.78 is 6.39. The Balaban J connectivity index is 0. The van der Waals surface area contributed by atoms with Crippen LogP contribution < -0.4 is 0 Å². The van der Waals surface area contributed by atoms with E-state index in [1.807, 2.05) is 0 Å². The zero-order valence-corrected chi connectivity index (χ0v) is 7.86. The van der Waals surface area contributed by atoms with Crippen molar-refractivity contribution in [2.24, 2.45) is 0 Å². The van der Waals surface area contributed by atoms with Gasteiger partial charge in [-0.15, -0.1) is 0 Å². The molecule has 0 aromatic heterocycles. The van der Waals surface area contributed by atoms with Crippen LogP contribution in [0.25, 0.3) is 0 Å². The maximum Gasteiger partial charge on any atom is 0.0777 e. The molecule has 0 aliphatic carbocycles. The van der Waals surface area contributed by atoms with Gasteiger partial charge >= 0.3 is 0 Å². The third-order valence-electron chi connectivity index (χ3n) is 0. The van der Waals surface area contributed by atoms with Crippen molar-refractivity contribution in [2.75, 3.05) is 28.3 Å². The molecule has 0 bridgehead atoms. The van der Waals surface area contributed by atoms with Gasteiger partial charge in [-0.1, -0.05) is 0 Å². The van der Waals surface area contributed by atoms with Crippen LogP contribution >= 0.6 is 0 Å². The van der Waals surface area contributed by atoms with Gasteiger partial charge in [-0.3, -0.25) is 0 Å². The zero-order chi connectivity index (χ0) is 6.28. The molecule has 0 radical (unpaired) electrons. The summed E-state index contributed by atoms with van der Waals surface area (Å²) in [5.41, 5.74) is 0. The lowest BCUT2D eigenvalue weighted by atomic mass is 11.3. The average molecular weight is 121 g/mol. The van der Waals surface area contributed by atoms with E-state index >= 15 is 0 Å². The fourth-order valence-corrected chi connectivity index (χ4v) is 0. The summed E-state index contributed by atoms with van der Waals surface area (Å²) in [5.74, 6) is 0. The Labute approximate surface area is 49.0 Å². The summed E-state index contributed by atoms with van der Waals surface area (Å²) >= 11 is 0. The van der Waals surface area contributed by atoms with Gasteiger partial charge in [0.1, 0.15) is 0 Å². The van der Waals surface area contributed by atoms with Gasteiger partial charge in [0.15, 0.2) is 0 Å². The minimum atomic E-state index is 1.18. The molecule has 2 nitrogen and oxygen atoms in total. The quantitative estimate of drug-likeness (QED) is 0.385. The summed E-state index contributed by atoms with van der Waals surface area (Å²) in [5, 5.41) is 0. The van der Waals surface area contributed by atoms with Crippen LogP contribution in [0.15, 0.2) is 0 Å². The molecule has 0 aromatic rings. The van der Waals surface area contributed by atoms with Crippen molar-refractivity contribution >= 4 is 10.4 Å². The molecule has 0 amide bonds. The molecular formula is C4H15NOSi. The van der Waals surface area contributed by atoms with E-state index in [1.165, 1.54) is 10.4 Å². The maximum atomic E-state index is 4.25. The highest BCUT2D eigenvalue weighted by Gasteiger charge is 1.58. The number of nitrogens with zero attached hydrogens (tertiary/aromatic N) is 1. The highest BCUT2D eigenvalue weighted by atomic mass is 28.2. The Morgan fingerprint density at radius 1 is 1.29 bits per heavy atom. The first-order chi connectivity index (χ1) is 3.15. The molecule has 0 atom stereocenters. The molecule has 7 heavy (non-hydrogen) atoms. The summed E-state index contributed by atoms with van der Waals surface area (Å²) in [4.78, 5) is 0. The van der Waals surface area contributed by atoms with Crippen molar-refractivity contribution < 1.29 is 4.74 Å². The van der Waals surface area contributed by atoms with E-state index in [4.69, 9.17) is 0 Å². The largest absolute Gasteiger partial charge is 0.388 e. The van der Waals surface area contributed by atoms with Crippen LogP contribution in [0.1, 0.15) is 0 Å². The van der Waals surface area contributed by atoms with Crippen LogP contribution in [0, 0.1) is 0 Å². The Bertz CT molecular complexity index is 22.9. The van der Waals surface area contributed by atoms with Crippen LogP contribution in [0.4, 0.5) is 0 Å². The van der Waals surface area contributed by atoms with E-state index in [0.29, 0.717) is 0 Å². The Morgan fingerprint density at radius 2 is 1.29 bits per heavy atom. The molecule has 0 fully saturated rings. The monoisotopic (exact) mass is 121 g/mol. The van der Waals surface area contributed by atoms with Crippen LogP contribution in [0.5, 0.6) is 0 Å². The summed E-state index contributed by atoms with van der Waals surface area (Å²) in [6.07, 6.45) is 0. The van der Waals surface area contributed by atoms with Crippen LogP contribution in [-0.2, 0) is 4.74 Å². The van der Waals surface area contributed by atoms with Gasteiger partial charge in [0.2, 0.25) is 0 Å². The van der Waals surface area contributed by atoms with E-state index < -0.39 is 0 Å². The second-order valence-electron chi connectivity index (χ2n) is 1.75. The second kappa shape index (κ2) is 9.46. The van der Waals surface area contributed by atoms with Gasteiger partial charge < -0.3 is 9.30 Å². The summed E-state index contributed by atoms with van der Waals surface area (Å²) in [7, 11) is 8.56. The minimum Gasteiger partial charge on any atom is -0.388 e. The van der Waals surface area contributed by atoms with Gasteiger partial charge in [0.25, 0.3) is 0 Å². The number of methoxy groups -OCH3 is 1. The smallest absolute Gasteiger partial charge is 0.0777 e. The predicted molar refractivity (Wildman–Crippen MR) is 36.6 cm³/mol. The van der Waals surface area contributed by atoms with Crippen molar-refractivity contribution in [1.29, 1.82) is 0 Å². The van der Waals surface area contributed by atoms with Crippen molar-refractivity contribution in [3.05, 3.63) is 0 Å². The second-order valence-corrected chi connectivity index (χ2v) is 3.54. The summed E-state index contributed by atoms with van der Waals surface area (Å²) in [6.45, 7) is 0. The van der Waals surface area contributed by atoms with E-state index in [2.05, 4.69) is 23.4 Å². The van der Waals surface area contributed by atoms with Crippen molar-refractivity contribution in [3.63, 3.8) is 0 Å². The normalized spacial score (nSPS) is 8.14. The lowest BCUT2D eigenvalue weighted by Gasteiger charge is -1.90. The first-order valence-corrected chi connectivity index (χ1v) is 3.05. The number of ether oxygens (including phenoxy) is 1. The molecule has 0 spiro atoms. The minimum absolute atomic E-state index is 1.18. The Hall–Kier alpha value is 0.137. The van der Waals surface area contributed by atoms with Crippen LogP contribution in [0.3, 0.4) is 0 Å². The summed E-state index contributed by atoms with van der Waals surface area (Å²) in [6, 6.07) is 0. The number of hydrogen-bond donors (Lipinski definition) is 0. The van der Waals surface area contributed by atoms with Crippen molar-refractivity contribution in [3.8, 4) is 0 Å². The Kier molecular flexibility index (Phi) is 13.8. The van der Waals surface area contributed by atoms with Crippen LogP contribution in [-0.4, -0.2) is 43.3 Å². The fraction of sp³-hybridized carbons (Fsp3) is 1.00. The molecule has 0 rings (SSSR count). The van der Waals surface area contributed by atoms with Crippen LogP contribution in [0.2, 0.25) is 0 Å². The van der Waals surface area contributed by atoms with Crippen molar-refractivity contribution in [1.82, 2.24) is 4.57 Å². The first-order valence-electron chi connectivity index (χ1n) is 2.16. The van der Waals surface area contributed by atoms with Gasteiger partial charge in [-0.25, -0.2) is 0 Å². The topological polar surface area (TPSA) is 12.5 Å². The molecule has 3 heteroatoms. The van der Waals surface area contributed by atoms with E-state index in [0.717, 1.165) is 0 Å². The number of rotatable bonds is 0.